The second-order valence-corrected chi connectivity index (χ2v) is 7.42. The molecular formula is C20H15N3O2S. The average Bonchev–Trinajstić information content (AvgIpc) is 3.09. The van der Waals surface area contributed by atoms with E-state index in [2.05, 4.69) is 15.5 Å². The van der Waals surface area contributed by atoms with Crippen molar-refractivity contribution in [2.45, 2.75) is 18.3 Å². The molecule has 1 aliphatic carbocycles. The Morgan fingerprint density at radius 1 is 1.15 bits per heavy atom. The summed E-state index contributed by atoms with van der Waals surface area (Å²) in [5.74, 6) is 0.655. The first-order valence-corrected chi connectivity index (χ1v) is 9.30. The molecule has 1 aromatic carbocycles. The monoisotopic (exact) mass is 361 g/mol. The fraction of sp³-hybridized carbons (Fsp3) is 0.150. The third-order valence-electron chi connectivity index (χ3n) is 4.83. The number of amides is 1. The maximum atomic E-state index is 13.0. The zero-order valence-electron chi connectivity index (χ0n) is 13.8. The molecule has 3 aromatic heterocycles. The van der Waals surface area contributed by atoms with Gasteiger partial charge < -0.3 is 9.84 Å². The van der Waals surface area contributed by atoms with Crippen molar-refractivity contribution >= 4 is 33.8 Å². The Morgan fingerprint density at radius 3 is 2.85 bits per heavy atom. The quantitative estimate of drug-likeness (QED) is 0.576. The molecule has 0 atom stereocenters. The van der Waals surface area contributed by atoms with E-state index in [0.717, 1.165) is 34.3 Å². The Hall–Kier alpha value is -2.99. The van der Waals surface area contributed by atoms with E-state index in [0.29, 0.717) is 11.5 Å². The number of pyridine rings is 1. The van der Waals surface area contributed by atoms with Gasteiger partial charge in [0.2, 0.25) is 5.91 Å². The molecule has 1 aliphatic rings. The minimum absolute atomic E-state index is 0.0540. The summed E-state index contributed by atoms with van der Waals surface area (Å²) in [5.41, 5.74) is 1.61. The number of hydrogen-bond acceptors (Lipinski definition) is 5. The molecule has 5 rings (SSSR count). The van der Waals surface area contributed by atoms with Gasteiger partial charge >= 0.3 is 0 Å². The molecule has 0 spiro atoms. The fourth-order valence-corrected chi connectivity index (χ4v) is 3.88. The van der Waals surface area contributed by atoms with Gasteiger partial charge in [0, 0.05) is 17.6 Å². The number of aromatic nitrogens is 2. The van der Waals surface area contributed by atoms with Gasteiger partial charge in [-0.25, -0.2) is 0 Å². The topological polar surface area (TPSA) is 68.0 Å². The number of benzene rings is 1. The summed E-state index contributed by atoms with van der Waals surface area (Å²) in [7, 11) is 0. The largest absolute Gasteiger partial charge is 0.355 e. The third-order valence-corrected chi connectivity index (χ3v) is 5.71. The Bertz CT molecular complexity index is 1090. The number of hydrogen-bond donors (Lipinski definition) is 1. The average molecular weight is 361 g/mol. The maximum absolute atomic E-state index is 13.0. The maximum Gasteiger partial charge on any atom is 0.236 e. The van der Waals surface area contributed by atoms with E-state index < -0.39 is 5.41 Å². The van der Waals surface area contributed by atoms with Gasteiger partial charge in [0.25, 0.3) is 0 Å². The summed E-state index contributed by atoms with van der Waals surface area (Å²) < 4.78 is 5.47. The van der Waals surface area contributed by atoms with Crippen LogP contribution in [0.25, 0.3) is 21.5 Å². The van der Waals surface area contributed by atoms with Crippen molar-refractivity contribution in [1.29, 1.82) is 0 Å². The number of carbonyl (C=O) groups is 1. The summed E-state index contributed by atoms with van der Waals surface area (Å²) in [6.07, 6.45) is 3.27. The van der Waals surface area contributed by atoms with E-state index in [9.17, 15) is 4.79 Å². The first-order valence-electron chi connectivity index (χ1n) is 8.43. The van der Waals surface area contributed by atoms with Gasteiger partial charge in [0.1, 0.15) is 0 Å². The van der Waals surface area contributed by atoms with E-state index in [1.165, 1.54) is 0 Å². The van der Waals surface area contributed by atoms with Gasteiger partial charge in [0.05, 0.1) is 27.2 Å². The lowest BCUT2D eigenvalue weighted by atomic mass is 10.0. The summed E-state index contributed by atoms with van der Waals surface area (Å²) in [4.78, 5) is 18.4. The van der Waals surface area contributed by atoms with Crippen molar-refractivity contribution in [2.24, 2.45) is 0 Å². The van der Waals surface area contributed by atoms with Crippen LogP contribution in [0.15, 0.2) is 64.6 Å². The molecule has 6 heteroatoms. The highest BCUT2D eigenvalue weighted by Crippen LogP contribution is 2.49. The molecule has 0 aliphatic heterocycles. The summed E-state index contributed by atoms with van der Waals surface area (Å²) in [6, 6.07) is 15.5. The number of nitrogens with one attached hydrogen (secondary N) is 1. The normalized spacial score (nSPS) is 15.1. The SMILES string of the molecule is O=C(Nc1cccc2cccnc12)C1(c2cc(-c3cccs3)on2)CC1. The molecule has 1 N–H and O–H groups in total. The minimum atomic E-state index is -0.601. The second kappa shape index (κ2) is 5.78. The molecule has 0 bridgehead atoms. The molecule has 0 unspecified atom stereocenters. The van der Waals surface area contributed by atoms with Crippen molar-refractivity contribution < 1.29 is 9.32 Å². The molecule has 3 heterocycles. The van der Waals surface area contributed by atoms with Crippen molar-refractivity contribution in [1.82, 2.24) is 10.1 Å². The Morgan fingerprint density at radius 2 is 2.04 bits per heavy atom. The first kappa shape index (κ1) is 15.3. The Labute approximate surface area is 153 Å². The Kier molecular flexibility index (Phi) is 3.39. The van der Waals surface area contributed by atoms with E-state index in [1.807, 2.05) is 53.9 Å². The zero-order chi connectivity index (χ0) is 17.6. The van der Waals surface area contributed by atoms with Crippen LogP contribution in [0.1, 0.15) is 18.5 Å². The van der Waals surface area contributed by atoms with Crippen molar-refractivity contribution in [3.05, 3.63) is 65.8 Å². The molecule has 4 aromatic rings. The smallest absolute Gasteiger partial charge is 0.236 e. The van der Waals surface area contributed by atoms with E-state index in [-0.39, 0.29) is 5.91 Å². The minimum Gasteiger partial charge on any atom is -0.355 e. The van der Waals surface area contributed by atoms with Crippen LogP contribution in [0.5, 0.6) is 0 Å². The second-order valence-electron chi connectivity index (χ2n) is 6.47. The molecule has 1 saturated carbocycles. The summed E-state index contributed by atoms with van der Waals surface area (Å²) in [6.45, 7) is 0. The lowest BCUT2D eigenvalue weighted by Gasteiger charge is -2.13. The van der Waals surface area contributed by atoms with Crippen LogP contribution in [-0.2, 0) is 10.2 Å². The molecule has 1 fully saturated rings. The molecule has 26 heavy (non-hydrogen) atoms. The molecule has 1 amide bonds. The van der Waals surface area contributed by atoms with E-state index in [1.54, 1.807) is 17.5 Å². The van der Waals surface area contributed by atoms with Gasteiger partial charge in [-0.05, 0) is 36.4 Å². The molecule has 128 valence electrons. The highest BCUT2D eigenvalue weighted by molar-refractivity contribution is 7.13. The van der Waals surface area contributed by atoms with E-state index >= 15 is 0 Å². The molecule has 5 nitrogen and oxygen atoms in total. The van der Waals surface area contributed by atoms with Gasteiger partial charge in [-0.1, -0.05) is 29.4 Å². The van der Waals surface area contributed by atoms with Crippen LogP contribution in [0, 0.1) is 0 Å². The highest BCUT2D eigenvalue weighted by atomic mass is 32.1. The van der Waals surface area contributed by atoms with Gasteiger partial charge in [-0.3, -0.25) is 9.78 Å². The van der Waals surface area contributed by atoms with Crippen LogP contribution >= 0.6 is 11.3 Å². The van der Waals surface area contributed by atoms with Crippen LogP contribution in [-0.4, -0.2) is 16.0 Å². The predicted octanol–water partition coefficient (Wildman–Crippen LogP) is 4.62. The number of fused-ring (bicyclic) bond motifs is 1. The van der Waals surface area contributed by atoms with Gasteiger partial charge in [0.15, 0.2) is 5.76 Å². The number of nitrogens with zero attached hydrogens (tertiary/aromatic N) is 2. The lowest BCUT2D eigenvalue weighted by Crippen LogP contribution is -2.28. The number of anilines is 1. The standard InChI is InChI=1S/C20H15N3O2S/c24-19(22-14-6-1-4-13-5-2-10-21-18(13)14)20(8-9-20)17-12-15(25-23-17)16-7-3-11-26-16/h1-7,10-12H,8-9H2,(H,22,24). The van der Waals surface area contributed by atoms with Gasteiger partial charge in [-0.2, -0.15) is 0 Å². The first-order chi connectivity index (χ1) is 12.8. The predicted molar refractivity (Wildman–Crippen MR) is 101 cm³/mol. The third kappa shape index (κ3) is 2.42. The van der Waals surface area contributed by atoms with Crippen LogP contribution in [0.4, 0.5) is 5.69 Å². The Balaban J connectivity index is 1.45. The van der Waals surface area contributed by atoms with Crippen LogP contribution in [0.2, 0.25) is 0 Å². The zero-order valence-corrected chi connectivity index (χ0v) is 14.6. The number of carbonyl (C=O) groups excluding carboxylic acids is 1. The van der Waals surface area contributed by atoms with Crippen LogP contribution in [0.3, 0.4) is 0 Å². The molecule has 0 saturated heterocycles. The summed E-state index contributed by atoms with van der Waals surface area (Å²) >= 11 is 1.59. The fourth-order valence-electron chi connectivity index (χ4n) is 3.21. The molecular weight excluding hydrogens is 346 g/mol. The molecule has 0 radical (unpaired) electrons. The number of thiophene rings is 1. The highest BCUT2D eigenvalue weighted by Gasteiger charge is 2.54. The number of para-hydroxylation sites is 1. The summed E-state index contributed by atoms with van der Waals surface area (Å²) in [5, 5.41) is 10.2. The van der Waals surface area contributed by atoms with Crippen molar-refractivity contribution in [3.63, 3.8) is 0 Å². The number of rotatable bonds is 4. The van der Waals surface area contributed by atoms with E-state index in [4.69, 9.17) is 4.52 Å². The van der Waals surface area contributed by atoms with Crippen LogP contribution < -0.4 is 5.32 Å². The van der Waals surface area contributed by atoms with Crippen molar-refractivity contribution in [2.75, 3.05) is 5.32 Å². The lowest BCUT2D eigenvalue weighted by molar-refractivity contribution is -0.118. The van der Waals surface area contributed by atoms with Crippen molar-refractivity contribution in [3.8, 4) is 10.6 Å². The van der Waals surface area contributed by atoms with Gasteiger partial charge in [-0.15, -0.1) is 11.3 Å².